The Bertz CT molecular complexity index is 1380. The number of anilines is 1. The number of sulfonamides is 1. The molecule has 8 heteroatoms. The van der Waals surface area contributed by atoms with Crippen LogP contribution in [0.3, 0.4) is 0 Å². The number of benzene rings is 3. The molecule has 1 aliphatic carbocycles. The first kappa shape index (κ1) is 29.3. The van der Waals surface area contributed by atoms with Crippen molar-refractivity contribution in [3.63, 3.8) is 0 Å². The van der Waals surface area contributed by atoms with E-state index in [0.717, 1.165) is 46.7 Å². The van der Waals surface area contributed by atoms with Crippen LogP contribution in [-0.4, -0.2) is 50.3 Å². The highest BCUT2D eigenvalue weighted by Crippen LogP contribution is 2.25. The Morgan fingerprint density at radius 1 is 0.875 bits per heavy atom. The Labute approximate surface area is 238 Å². The normalized spacial score (nSPS) is 14.5. The predicted octanol–water partition coefficient (Wildman–Crippen LogP) is 5.02. The van der Waals surface area contributed by atoms with Gasteiger partial charge in [0.1, 0.15) is 12.6 Å². The van der Waals surface area contributed by atoms with E-state index in [0.29, 0.717) is 12.1 Å². The van der Waals surface area contributed by atoms with Crippen LogP contribution >= 0.6 is 0 Å². The summed E-state index contributed by atoms with van der Waals surface area (Å²) in [6.45, 7) is 5.39. The highest BCUT2D eigenvalue weighted by Gasteiger charge is 2.33. The summed E-state index contributed by atoms with van der Waals surface area (Å²) in [6.07, 6.45) is 4.58. The molecule has 3 aromatic rings. The zero-order chi connectivity index (χ0) is 28.7. The second-order valence-electron chi connectivity index (χ2n) is 10.6. The van der Waals surface area contributed by atoms with Gasteiger partial charge >= 0.3 is 0 Å². The summed E-state index contributed by atoms with van der Waals surface area (Å²) in [5.41, 5.74) is 3.34. The fourth-order valence-corrected chi connectivity index (χ4v) is 6.45. The van der Waals surface area contributed by atoms with E-state index >= 15 is 0 Å². The van der Waals surface area contributed by atoms with Crippen molar-refractivity contribution < 1.29 is 18.0 Å². The van der Waals surface area contributed by atoms with Crippen LogP contribution in [-0.2, 0) is 26.0 Å². The quantitative estimate of drug-likeness (QED) is 0.356. The minimum atomic E-state index is -4.06. The van der Waals surface area contributed by atoms with E-state index < -0.39 is 28.5 Å². The number of amides is 2. The second kappa shape index (κ2) is 13.1. The van der Waals surface area contributed by atoms with E-state index in [1.807, 2.05) is 56.3 Å². The minimum absolute atomic E-state index is 0.106. The van der Waals surface area contributed by atoms with Crippen LogP contribution in [0, 0.1) is 13.8 Å². The molecule has 0 heterocycles. The summed E-state index contributed by atoms with van der Waals surface area (Å²) < 4.78 is 28.9. The number of hydrogen-bond donors (Lipinski definition) is 1. The van der Waals surface area contributed by atoms with Gasteiger partial charge in [0.05, 0.1) is 10.6 Å². The third-order valence-electron chi connectivity index (χ3n) is 7.56. The van der Waals surface area contributed by atoms with Gasteiger partial charge in [-0.1, -0.05) is 78.6 Å². The first-order chi connectivity index (χ1) is 19.1. The molecule has 0 saturated heterocycles. The van der Waals surface area contributed by atoms with E-state index in [2.05, 4.69) is 5.32 Å². The predicted molar refractivity (Wildman–Crippen MR) is 159 cm³/mol. The molecular formula is C32H39N3O4S. The molecule has 7 nitrogen and oxygen atoms in total. The number of nitrogens with zero attached hydrogens (tertiary/aromatic N) is 2. The maximum atomic E-state index is 14.0. The Balaban J connectivity index is 1.63. The van der Waals surface area contributed by atoms with Crippen molar-refractivity contribution in [2.24, 2.45) is 0 Å². The van der Waals surface area contributed by atoms with Crippen molar-refractivity contribution in [3.8, 4) is 0 Å². The standard InChI is InChI=1S/C32H39N3O4S/c1-24-13-17-29(18-14-24)35(40(38,39)30-19-15-25(2)16-20-30)23-31(36)34(22-21-27-9-5-4-6-10-27)26(3)32(37)33-28-11-7-8-12-28/h4-6,9-10,13-20,26,28H,7-8,11-12,21-23H2,1-3H3,(H,33,37). The smallest absolute Gasteiger partial charge is 0.264 e. The fraction of sp³-hybridized carbons (Fsp3) is 0.375. The molecule has 3 aromatic carbocycles. The first-order valence-electron chi connectivity index (χ1n) is 13.9. The van der Waals surface area contributed by atoms with Crippen molar-refractivity contribution in [2.45, 2.75) is 69.9 Å². The molecule has 0 radical (unpaired) electrons. The van der Waals surface area contributed by atoms with Crippen molar-refractivity contribution in [1.82, 2.24) is 10.2 Å². The van der Waals surface area contributed by atoms with Gasteiger partial charge < -0.3 is 10.2 Å². The molecule has 1 N–H and O–H groups in total. The molecule has 1 fully saturated rings. The van der Waals surface area contributed by atoms with Crippen LogP contribution in [0.15, 0.2) is 83.8 Å². The van der Waals surface area contributed by atoms with Crippen molar-refractivity contribution >= 4 is 27.5 Å². The summed E-state index contributed by atoms with van der Waals surface area (Å²) in [5.74, 6) is -0.641. The molecule has 0 spiro atoms. The molecule has 1 aliphatic rings. The molecule has 1 saturated carbocycles. The van der Waals surface area contributed by atoms with Gasteiger partial charge in [-0.2, -0.15) is 0 Å². The molecule has 2 amide bonds. The average Bonchev–Trinajstić information content (AvgIpc) is 3.46. The van der Waals surface area contributed by atoms with Gasteiger partial charge in [0.2, 0.25) is 11.8 Å². The topological polar surface area (TPSA) is 86.8 Å². The Morgan fingerprint density at radius 2 is 1.45 bits per heavy atom. The van der Waals surface area contributed by atoms with Gasteiger partial charge in [0.15, 0.2) is 0 Å². The zero-order valence-corrected chi connectivity index (χ0v) is 24.4. The van der Waals surface area contributed by atoms with E-state index in [9.17, 15) is 18.0 Å². The number of carbonyl (C=O) groups is 2. The molecule has 1 unspecified atom stereocenters. The Morgan fingerprint density at radius 3 is 2.05 bits per heavy atom. The van der Waals surface area contributed by atoms with Crippen molar-refractivity contribution in [1.29, 1.82) is 0 Å². The number of nitrogens with one attached hydrogen (secondary N) is 1. The maximum Gasteiger partial charge on any atom is 0.264 e. The highest BCUT2D eigenvalue weighted by molar-refractivity contribution is 7.92. The van der Waals surface area contributed by atoms with Gasteiger partial charge in [-0.15, -0.1) is 0 Å². The largest absolute Gasteiger partial charge is 0.352 e. The van der Waals surface area contributed by atoms with Crippen LogP contribution in [0.2, 0.25) is 0 Å². The van der Waals surface area contributed by atoms with Crippen molar-refractivity contribution in [3.05, 3.63) is 95.6 Å². The van der Waals surface area contributed by atoms with E-state index in [1.165, 1.54) is 4.90 Å². The first-order valence-corrected chi connectivity index (χ1v) is 15.4. The van der Waals surface area contributed by atoms with Gasteiger partial charge in [0, 0.05) is 12.6 Å². The molecular weight excluding hydrogens is 522 g/mol. The third kappa shape index (κ3) is 7.30. The fourth-order valence-electron chi connectivity index (χ4n) is 5.04. The lowest BCUT2D eigenvalue weighted by atomic mass is 10.1. The van der Waals surface area contributed by atoms with Crippen molar-refractivity contribution in [2.75, 3.05) is 17.4 Å². The SMILES string of the molecule is Cc1ccc(N(CC(=O)N(CCc2ccccc2)C(C)C(=O)NC2CCCC2)S(=O)(=O)c2ccc(C)cc2)cc1. The lowest BCUT2D eigenvalue weighted by Crippen LogP contribution is -2.53. The highest BCUT2D eigenvalue weighted by atomic mass is 32.2. The van der Waals surface area contributed by atoms with E-state index in [4.69, 9.17) is 0 Å². The van der Waals surface area contributed by atoms with Crippen LogP contribution in [0.1, 0.15) is 49.3 Å². The van der Waals surface area contributed by atoms with Crippen LogP contribution < -0.4 is 9.62 Å². The Hall–Kier alpha value is -3.65. The molecule has 0 aliphatic heterocycles. The molecule has 0 aromatic heterocycles. The summed E-state index contributed by atoms with van der Waals surface area (Å²) >= 11 is 0. The van der Waals surface area contributed by atoms with E-state index in [-0.39, 0.29) is 23.4 Å². The van der Waals surface area contributed by atoms with Crippen LogP contribution in [0.5, 0.6) is 0 Å². The van der Waals surface area contributed by atoms with Gasteiger partial charge in [-0.3, -0.25) is 13.9 Å². The summed E-state index contributed by atoms with van der Waals surface area (Å²) in [6, 6.07) is 22.8. The van der Waals surface area contributed by atoms with Crippen LogP contribution in [0.25, 0.3) is 0 Å². The minimum Gasteiger partial charge on any atom is -0.352 e. The number of hydrogen-bond acceptors (Lipinski definition) is 4. The third-order valence-corrected chi connectivity index (χ3v) is 9.35. The molecule has 4 rings (SSSR count). The lowest BCUT2D eigenvalue weighted by Gasteiger charge is -2.32. The lowest BCUT2D eigenvalue weighted by molar-refractivity contribution is -0.139. The Kier molecular flexibility index (Phi) is 9.63. The maximum absolute atomic E-state index is 14.0. The molecule has 212 valence electrons. The molecule has 40 heavy (non-hydrogen) atoms. The summed E-state index contributed by atoms with van der Waals surface area (Å²) in [4.78, 5) is 28.9. The number of aryl methyl sites for hydroxylation is 2. The summed E-state index contributed by atoms with van der Waals surface area (Å²) in [7, 11) is -4.06. The molecule has 1 atom stereocenters. The zero-order valence-electron chi connectivity index (χ0n) is 23.5. The summed E-state index contributed by atoms with van der Waals surface area (Å²) in [5, 5.41) is 3.10. The van der Waals surface area contributed by atoms with E-state index in [1.54, 1.807) is 43.3 Å². The second-order valence-corrected chi connectivity index (χ2v) is 12.5. The van der Waals surface area contributed by atoms with Crippen LogP contribution in [0.4, 0.5) is 5.69 Å². The van der Waals surface area contributed by atoms with Gasteiger partial charge in [-0.25, -0.2) is 8.42 Å². The van der Waals surface area contributed by atoms with Gasteiger partial charge in [-0.05, 0) is 69.9 Å². The number of carbonyl (C=O) groups excluding carboxylic acids is 2. The molecule has 0 bridgehead atoms. The average molecular weight is 562 g/mol. The van der Waals surface area contributed by atoms with Gasteiger partial charge in [0.25, 0.3) is 10.0 Å². The number of rotatable bonds is 11. The monoisotopic (exact) mass is 561 g/mol.